The van der Waals surface area contributed by atoms with Gasteiger partial charge in [-0.2, -0.15) is 5.26 Å². The third-order valence-corrected chi connectivity index (χ3v) is 2.31. The molecular formula is C12H13NO3. The molecule has 0 spiro atoms. The molecule has 0 aliphatic carbocycles. The second-order valence-corrected chi connectivity index (χ2v) is 3.54. The lowest BCUT2D eigenvalue weighted by atomic mass is 10.1. The number of hydrogen-bond acceptors (Lipinski definition) is 4. The first-order chi connectivity index (χ1) is 7.54. The first kappa shape index (κ1) is 12.2. The Morgan fingerprint density at radius 2 is 2.00 bits per heavy atom. The monoisotopic (exact) mass is 219 g/mol. The number of rotatable bonds is 4. The SMILES string of the molecule is CC(=O)C(C)C(O)Oc1ccc(C#N)cc1. The number of ether oxygens (including phenoxy) is 1. The van der Waals surface area contributed by atoms with Crippen LogP contribution in [0, 0.1) is 17.2 Å². The van der Waals surface area contributed by atoms with Crippen LogP contribution < -0.4 is 4.74 Å². The van der Waals surface area contributed by atoms with E-state index >= 15 is 0 Å². The van der Waals surface area contributed by atoms with Crippen molar-refractivity contribution in [2.75, 3.05) is 0 Å². The van der Waals surface area contributed by atoms with E-state index in [2.05, 4.69) is 0 Å². The molecule has 1 rings (SSSR count). The third kappa shape index (κ3) is 3.07. The number of aliphatic hydroxyl groups excluding tert-OH is 1. The highest BCUT2D eigenvalue weighted by Crippen LogP contribution is 2.16. The van der Waals surface area contributed by atoms with Crippen LogP contribution in [0.2, 0.25) is 0 Å². The van der Waals surface area contributed by atoms with E-state index in [1.807, 2.05) is 6.07 Å². The topological polar surface area (TPSA) is 70.3 Å². The minimum atomic E-state index is -1.16. The Hall–Kier alpha value is -1.86. The summed E-state index contributed by atoms with van der Waals surface area (Å²) < 4.78 is 5.16. The summed E-state index contributed by atoms with van der Waals surface area (Å²) in [4.78, 5) is 11.0. The molecule has 16 heavy (non-hydrogen) atoms. The summed E-state index contributed by atoms with van der Waals surface area (Å²) in [5.74, 6) is -0.281. The first-order valence-corrected chi connectivity index (χ1v) is 4.90. The van der Waals surface area contributed by atoms with Crippen LogP contribution in [0.4, 0.5) is 0 Å². The molecule has 1 N–H and O–H groups in total. The van der Waals surface area contributed by atoms with Gasteiger partial charge in [-0.25, -0.2) is 0 Å². The number of nitriles is 1. The minimum Gasteiger partial charge on any atom is -0.464 e. The van der Waals surface area contributed by atoms with E-state index in [1.54, 1.807) is 31.2 Å². The summed E-state index contributed by atoms with van der Waals surface area (Å²) in [5.41, 5.74) is 0.515. The summed E-state index contributed by atoms with van der Waals surface area (Å²) in [7, 11) is 0. The molecule has 1 aromatic carbocycles. The van der Waals surface area contributed by atoms with Gasteiger partial charge in [0.05, 0.1) is 17.6 Å². The molecular weight excluding hydrogens is 206 g/mol. The van der Waals surface area contributed by atoms with Crippen molar-refractivity contribution >= 4 is 5.78 Å². The number of Topliss-reactive ketones (excluding diaryl/α,β-unsaturated/α-hetero) is 1. The molecule has 84 valence electrons. The van der Waals surface area contributed by atoms with E-state index in [4.69, 9.17) is 10.00 Å². The standard InChI is InChI=1S/C12H13NO3/c1-8(9(2)14)12(15)16-11-5-3-10(7-13)4-6-11/h3-6,8,12,15H,1-2H3. The molecule has 0 fully saturated rings. The fraction of sp³-hybridized carbons (Fsp3) is 0.333. The van der Waals surface area contributed by atoms with Gasteiger partial charge >= 0.3 is 0 Å². The molecule has 4 nitrogen and oxygen atoms in total. The van der Waals surface area contributed by atoms with Gasteiger partial charge in [-0.3, -0.25) is 4.79 Å². The number of carbonyl (C=O) groups excluding carboxylic acids is 1. The molecule has 0 aromatic heterocycles. The van der Waals surface area contributed by atoms with Crippen molar-refractivity contribution < 1.29 is 14.6 Å². The van der Waals surface area contributed by atoms with E-state index in [-0.39, 0.29) is 5.78 Å². The smallest absolute Gasteiger partial charge is 0.206 e. The summed E-state index contributed by atoms with van der Waals surface area (Å²) >= 11 is 0. The van der Waals surface area contributed by atoms with Gasteiger partial charge in [0, 0.05) is 0 Å². The van der Waals surface area contributed by atoms with Gasteiger partial charge in [0.2, 0.25) is 6.29 Å². The molecule has 0 radical (unpaired) electrons. The van der Waals surface area contributed by atoms with Crippen LogP contribution in [0.25, 0.3) is 0 Å². The van der Waals surface area contributed by atoms with E-state index < -0.39 is 12.2 Å². The van der Waals surface area contributed by atoms with E-state index in [1.165, 1.54) is 6.92 Å². The fourth-order valence-electron chi connectivity index (χ4n) is 1.05. The molecule has 2 unspecified atom stereocenters. The molecule has 0 saturated heterocycles. The Morgan fingerprint density at radius 1 is 1.44 bits per heavy atom. The van der Waals surface area contributed by atoms with E-state index in [9.17, 15) is 9.90 Å². The predicted molar refractivity (Wildman–Crippen MR) is 57.6 cm³/mol. The minimum absolute atomic E-state index is 0.138. The second kappa shape index (κ2) is 5.29. The number of nitrogens with zero attached hydrogens (tertiary/aromatic N) is 1. The molecule has 0 bridgehead atoms. The fourth-order valence-corrected chi connectivity index (χ4v) is 1.05. The summed E-state index contributed by atoms with van der Waals surface area (Å²) in [6.45, 7) is 2.99. The lowest BCUT2D eigenvalue weighted by molar-refractivity contribution is -0.132. The maximum atomic E-state index is 11.0. The molecule has 0 heterocycles. The molecule has 4 heteroatoms. The van der Waals surface area contributed by atoms with Crippen LogP contribution in [0.15, 0.2) is 24.3 Å². The lowest BCUT2D eigenvalue weighted by Gasteiger charge is -2.17. The maximum Gasteiger partial charge on any atom is 0.206 e. The zero-order chi connectivity index (χ0) is 12.1. The molecule has 0 amide bonds. The summed E-state index contributed by atoms with van der Waals surface area (Å²) in [6.07, 6.45) is -1.16. The van der Waals surface area contributed by atoms with Gasteiger partial charge in [-0.1, -0.05) is 0 Å². The van der Waals surface area contributed by atoms with Crippen molar-refractivity contribution in [2.45, 2.75) is 20.1 Å². The van der Waals surface area contributed by atoms with Crippen LogP contribution >= 0.6 is 0 Å². The van der Waals surface area contributed by atoms with Crippen LogP contribution in [-0.4, -0.2) is 17.2 Å². The van der Waals surface area contributed by atoms with Crippen molar-refractivity contribution in [3.8, 4) is 11.8 Å². The van der Waals surface area contributed by atoms with Crippen LogP contribution in [-0.2, 0) is 4.79 Å². The largest absolute Gasteiger partial charge is 0.464 e. The van der Waals surface area contributed by atoms with Crippen molar-refractivity contribution in [2.24, 2.45) is 5.92 Å². The average molecular weight is 219 g/mol. The van der Waals surface area contributed by atoms with E-state index in [0.29, 0.717) is 11.3 Å². The van der Waals surface area contributed by atoms with Gasteiger partial charge in [-0.15, -0.1) is 0 Å². The normalized spacial score (nSPS) is 13.6. The van der Waals surface area contributed by atoms with Crippen LogP contribution in [0.3, 0.4) is 0 Å². The number of ketones is 1. The Morgan fingerprint density at radius 3 is 2.44 bits per heavy atom. The Kier molecular flexibility index (Phi) is 4.03. The maximum absolute atomic E-state index is 11.0. The zero-order valence-electron chi connectivity index (χ0n) is 9.18. The first-order valence-electron chi connectivity index (χ1n) is 4.90. The quantitative estimate of drug-likeness (QED) is 0.778. The van der Waals surface area contributed by atoms with Crippen molar-refractivity contribution in [3.63, 3.8) is 0 Å². The number of hydrogen-bond donors (Lipinski definition) is 1. The van der Waals surface area contributed by atoms with Gasteiger partial charge in [0.25, 0.3) is 0 Å². The van der Waals surface area contributed by atoms with Crippen LogP contribution in [0.1, 0.15) is 19.4 Å². The van der Waals surface area contributed by atoms with Crippen molar-refractivity contribution in [3.05, 3.63) is 29.8 Å². The number of benzene rings is 1. The number of aliphatic hydroxyl groups is 1. The highest BCUT2D eigenvalue weighted by molar-refractivity contribution is 5.78. The highest BCUT2D eigenvalue weighted by Gasteiger charge is 2.19. The van der Waals surface area contributed by atoms with Gasteiger partial charge in [0.1, 0.15) is 11.5 Å². The van der Waals surface area contributed by atoms with Gasteiger partial charge in [0.15, 0.2) is 0 Å². The zero-order valence-corrected chi connectivity index (χ0v) is 9.18. The Balaban J connectivity index is 2.66. The van der Waals surface area contributed by atoms with Crippen molar-refractivity contribution in [1.29, 1.82) is 5.26 Å². The highest BCUT2D eigenvalue weighted by atomic mass is 16.6. The van der Waals surface area contributed by atoms with E-state index in [0.717, 1.165) is 0 Å². The summed E-state index contributed by atoms with van der Waals surface area (Å²) in [6, 6.07) is 8.30. The second-order valence-electron chi connectivity index (χ2n) is 3.54. The molecule has 0 aliphatic heterocycles. The molecule has 2 atom stereocenters. The van der Waals surface area contributed by atoms with Crippen molar-refractivity contribution in [1.82, 2.24) is 0 Å². The molecule has 0 aliphatic rings. The van der Waals surface area contributed by atoms with Crippen LogP contribution in [0.5, 0.6) is 5.75 Å². The Bertz CT molecular complexity index is 405. The third-order valence-electron chi connectivity index (χ3n) is 2.31. The number of carbonyl (C=O) groups is 1. The summed E-state index contributed by atoms with van der Waals surface area (Å²) in [5, 5.41) is 18.1. The van der Waals surface area contributed by atoms with Gasteiger partial charge < -0.3 is 9.84 Å². The average Bonchev–Trinajstić information content (AvgIpc) is 2.28. The molecule has 1 aromatic rings. The molecule has 0 saturated carbocycles. The Labute approximate surface area is 94.1 Å². The lowest BCUT2D eigenvalue weighted by Crippen LogP contribution is -2.29. The predicted octanol–water partition coefficient (Wildman–Crippen LogP) is 1.48. The van der Waals surface area contributed by atoms with Gasteiger partial charge in [-0.05, 0) is 38.1 Å².